The van der Waals surface area contributed by atoms with Gasteiger partial charge in [-0.25, -0.2) is 9.67 Å². The summed E-state index contributed by atoms with van der Waals surface area (Å²) in [5.74, 6) is 2.95. The summed E-state index contributed by atoms with van der Waals surface area (Å²) in [6.45, 7) is 2.06. The van der Waals surface area contributed by atoms with Gasteiger partial charge < -0.3 is 15.4 Å². The average molecular weight is 433 g/mol. The molecule has 1 atom stereocenters. The highest BCUT2D eigenvalue weighted by molar-refractivity contribution is 5.79. The van der Waals surface area contributed by atoms with Gasteiger partial charge in [0.1, 0.15) is 12.4 Å². The van der Waals surface area contributed by atoms with Crippen LogP contribution in [0.3, 0.4) is 0 Å². The van der Waals surface area contributed by atoms with Crippen LogP contribution in [0.4, 0.5) is 0 Å². The van der Waals surface area contributed by atoms with Crippen LogP contribution in [-0.4, -0.2) is 47.5 Å². The van der Waals surface area contributed by atoms with Gasteiger partial charge in [0, 0.05) is 39.1 Å². The van der Waals surface area contributed by atoms with Gasteiger partial charge in [-0.2, -0.15) is 5.10 Å². The number of aryl methyl sites for hydroxylation is 1. The van der Waals surface area contributed by atoms with Crippen LogP contribution in [0.5, 0.6) is 0 Å². The van der Waals surface area contributed by atoms with E-state index in [1.165, 1.54) is 11.1 Å². The van der Waals surface area contributed by atoms with Gasteiger partial charge in [0.15, 0.2) is 11.8 Å². The van der Waals surface area contributed by atoms with Gasteiger partial charge in [0.05, 0.1) is 6.54 Å². The van der Waals surface area contributed by atoms with Crippen LogP contribution in [0.15, 0.2) is 65.7 Å². The molecule has 1 unspecified atom stereocenters. The Morgan fingerprint density at radius 2 is 1.81 bits per heavy atom. The van der Waals surface area contributed by atoms with Gasteiger partial charge in [-0.1, -0.05) is 60.7 Å². The van der Waals surface area contributed by atoms with Crippen LogP contribution < -0.4 is 10.6 Å². The summed E-state index contributed by atoms with van der Waals surface area (Å²) in [4.78, 5) is 9.00. The van der Waals surface area contributed by atoms with Crippen LogP contribution in [0.25, 0.3) is 0 Å². The van der Waals surface area contributed by atoms with Crippen molar-refractivity contribution in [1.29, 1.82) is 0 Å². The Bertz CT molecular complexity index is 962. The molecule has 0 radical (unpaired) electrons. The van der Waals surface area contributed by atoms with Gasteiger partial charge in [0.2, 0.25) is 0 Å². The van der Waals surface area contributed by atoms with Crippen LogP contribution in [-0.2, 0) is 24.3 Å². The molecule has 32 heavy (non-hydrogen) atoms. The van der Waals surface area contributed by atoms with E-state index in [2.05, 4.69) is 86.4 Å². The van der Waals surface area contributed by atoms with E-state index in [0.717, 1.165) is 50.0 Å². The Kier molecular flexibility index (Phi) is 7.51. The summed E-state index contributed by atoms with van der Waals surface area (Å²) in [7, 11) is 3.49. The van der Waals surface area contributed by atoms with Gasteiger partial charge >= 0.3 is 0 Å². The standard InChI is InChI=1S/C25H32N6O/c1-26-25(28-21-13-14-24-29-23(18-32-2)30-31(24)17-21)27-16-15-22(19-9-5-3-6-10-19)20-11-7-4-8-12-20/h3-12,21-22H,13-18H2,1-2H3,(H2,26,27,28). The highest BCUT2D eigenvalue weighted by Gasteiger charge is 2.22. The quantitative estimate of drug-likeness (QED) is 0.423. The molecule has 1 aliphatic rings. The molecule has 0 amide bonds. The lowest BCUT2D eigenvalue weighted by atomic mass is 9.88. The number of fused-ring (bicyclic) bond motifs is 1. The fourth-order valence-electron chi connectivity index (χ4n) is 4.29. The molecule has 0 bridgehead atoms. The van der Waals surface area contributed by atoms with Crippen LogP contribution in [0, 0.1) is 0 Å². The number of guanidine groups is 1. The zero-order valence-corrected chi connectivity index (χ0v) is 18.9. The normalized spacial score (nSPS) is 16.1. The number of hydrogen-bond donors (Lipinski definition) is 2. The Morgan fingerprint density at radius 3 is 2.44 bits per heavy atom. The number of nitrogens with one attached hydrogen (secondary N) is 2. The van der Waals surface area contributed by atoms with E-state index in [9.17, 15) is 0 Å². The van der Waals surface area contributed by atoms with Gasteiger partial charge in [-0.15, -0.1) is 0 Å². The summed E-state index contributed by atoms with van der Waals surface area (Å²) in [6.07, 6.45) is 2.88. The molecule has 2 heterocycles. The number of benzene rings is 2. The van der Waals surface area contributed by atoms with Crippen molar-refractivity contribution >= 4 is 5.96 Å². The molecule has 2 N–H and O–H groups in total. The molecule has 0 spiro atoms. The maximum absolute atomic E-state index is 5.16. The molecule has 7 heteroatoms. The first kappa shape index (κ1) is 22.0. The first-order valence-corrected chi connectivity index (χ1v) is 11.3. The van der Waals surface area contributed by atoms with Crippen molar-refractivity contribution in [3.8, 4) is 0 Å². The fourth-order valence-corrected chi connectivity index (χ4v) is 4.29. The van der Waals surface area contributed by atoms with E-state index < -0.39 is 0 Å². The third-order valence-corrected chi connectivity index (χ3v) is 5.87. The van der Waals surface area contributed by atoms with Gasteiger partial charge in [-0.3, -0.25) is 4.99 Å². The third-order valence-electron chi connectivity index (χ3n) is 5.87. The van der Waals surface area contributed by atoms with Crippen LogP contribution in [0.1, 0.15) is 41.5 Å². The van der Waals surface area contributed by atoms with Gasteiger partial charge in [-0.05, 0) is 24.0 Å². The monoisotopic (exact) mass is 432 g/mol. The minimum absolute atomic E-state index is 0.268. The van der Waals surface area contributed by atoms with Crippen molar-refractivity contribution < 1.29 is 4.74 Å². The Balaban J connectivity index is 1.34. The predicted molar refractivity (Wildman–Crippen MR) is 127 cm³/mol. The van der Waals surface area contributed by atoms with Crippen molar-refractivity contribution in [2.45, 2.75) is 44.4 Å². The number of aromatic nitrogens is 3. The maximum atomic E-state index is 5.16. The van der Waals surface area contributed by atoms with E-state index in [1.54, 1.807) is 7.11 Å². The maximum Gasteiger partial charge on any atom is 0.191 e. The predicted octanol–water partition coefficient (Wildman–Crippen LogP) is 3.13. The van der Waals surface area contributed by atoms with Crippen molar-refractivity contribution in [2.24, 2.45) is 4.99 Å². The molecule has 7 nitrogen and oxygen atoms in total. The minimum Gasteiger partial charge on any atom is -0.377 e. The first-order chi connectivity index (χ1) is 15.8. The summed E-state index contributed by atoms with van der Waals surface area (Å²) >= 11 is 0. The van der Waals surface area contributed by atoms with Crippen molar-refractivity contribution in [2.75, 3.05) is 20.7 Å². The number of methoxy groups -OCH3 is 1. The number of ether oxygens (including phenoxy) is 1. The largest absolute Gasteiger partial charge is 0.377 e. The molecule has 0 saturated carbocycles. The molecule has 168 valence electrons. The van der Waals surface area contributed by atoms with E-state index in [0.29, 0.717) is 12.5 Å². The summed E-state index contributed by atoms with van der Waals surface area (Å²) < 4.78 is 7.15. The molecular weight excluding hydrogens is 400 g/mol. The molecule has 2 aromatic carbocycles. The second-order valence-corrected chi connectivity index (χ2v) is 8.10. The molecule has 1 aromatic heterocycles. The molecule has 3 aromatic rings. The zero-order chi connectivity index (χ0) is 22.2. The Morgan fingerprint density at radius 1 is 1.12 bits per heavy atom. The third kappa shape index (κ3) is 5.53. The number of hydrogen-bond acceptors (Lipinski definition) is 4. The molecule has 0 aliphatic carbocycles. The SMILES string of the molecule is CN=C(NCCC(c1ccccc1)c1ccccc1)NC1CCc2nc(COC)nn2C1. The van der Waals surface area contributed by atoms with E-state index in [4.69, 9.17) is 4.74 Å². The van der Waals surface area contributed by atoms with E-state index in [1.807, 2.05) is 11.7 Å². The highest BCUT2D eigenvalue weighted by Crippen LogP contribution is 2.27. The summed E-state index contributed by atoms with van der Waals surface area (Å²) in [5, 5.41) is 11.6. The molecule has 0 saturated heterocycles. The fraction of sp³-hybridized carbons (Fsp3) is 0.400. The van der Waals surface area contributed by atoms with Crippen molar-refractivity contribution in [3.63, 3.8) is 0 Å². The Hall–Kier alpha value is -3.19. The average Bonchev–Trinajstić information content (AvgIpc) is 3.24. The van der Waals surface area contributed by atoms with Crippen molar-refractivity contribution in [3.05, 3.63) is 83.4 Å². The second kappa shape index (κ2) is 10.9. The molecule has 4 rings (SSSR count). The first-order valence-electron chi connectivity index (χ1n) is 11.3. The number of nitrogens with zero attached hydrogens (tertiary/aromatic N) is 4. The lowest BCUT2D eigenvalue weighted by molar-refractivity contribution is 0.177. The smallest absolute Gasteiger partial charge is 0.191 e. The van der Waals surface area contributed by atoms with Crippen LogP contribution >= 0.6 is 0 Å². The topological polar surface area (TPSA) is 76.4 Å². The summed E-state index contributed by atoms with van der Waals surface area (Å²) in [5.41, 5.74) is 2.67. The van der Waals surface area contributed by atoms with Crippen LogP contribution in [0.2, 0.25) is 0 Å². The molecule has 1 aliphatic heterocycles. The molecule has 0 fully saturated rings. The highest BCUT2D eigenvalue weighted by atomic mass is 16.5. The number of aliphatic imine (C=N–C) groups is 1. The summed E-state index contributed by atoms with van der Waals surface area (Å²) in [6, 6.07) is 21.7. The second-order valence-electron chi connectivity index (χ2n) is 8.10. The van der Waals surface area contributed by atoms with Gasteiger partial charge in [0.25, 0.3) is 0 Å². The lowest BCUT2D eigenvalue weighted by Crippen LogP contribution is -2.47. The van der Waals surface area contributed by atoms with E-state index in [-0.39, 0.29) is 6.04 Å². The Labute approximate surface area is 189 Å². The zero-order valence-electron chi connectivity index (χ0n) is 18.9. The van der Waals surface area contributed by atoms with E-state index >= 15 is 0 Å². The lowest BCUT2D eigenvalue weighted by Gasteiger charge is -2.26. The van der Waals surface area contributed by atoms with Crippen molar-refractivity contribution in [1.82, 2.24) is 25.4 Å². The minimum atomic E-state index is 0.268. The number of rotatable bonds is 8. The molecular formula is C25H32N6O.